The SMILES string of the molecule is COCC(C)NC(N)=NCc1cccc(NC(C)=O)c1.I. The molecule has 1 amide bonds. The summed E-state index contributed by atoms with van der Waals surface area (Å²) in [5.41, 5.74) is 7.51. The van der Waals surface area contributed by atoms with Crippen LogP contribution < -0.4 is 16.4 Å². The first-order chi connectivity index (χ1) is 9.51. The summed E-state index contributed by atoms with van der Waals surface area (Å²) in [7, 11) is 1.64. The van der Waals surface area contributed by atoms with E-state index in [1.165, 1.54) is 6.92 Å². The van der Waals surface area contributed by atoms with Crippen LogP contribution in [-0.2, 0) is 16.1 Å². The minimum Gasteiger partial charge on any atom is -0.383 e. The summed E-state index contributed by atoms with van der Waals surface area (Å²) in [6, 6.07) is 7.61. The van der Waals surface area contributed by atoms with Gasteiger partial charge >= 0.3 is 0 Å². The minimum absolute atomic E-state index is 0. The van der Waals surface area contributed by atoms with Gasteiger partial charge in [-0.05, 0) is 24.6 Å². The predicted octanol–water partition coefficient (Wildman–Crippen LogP) is 1.70. The number of methoxy groups -OCH3 is 1. The van der Waals surface area contributed by atoms with E-state index in [2.05, 4.69) is 15.6 Å². The Kier molecular flexibility index (Phi) is 9.72. The number of hydrogen-bond acceptors (Lipinski definition) is 3. The topological polar surface area (TPSA) is 88.7 Å². The molecule has 7 heteroatoms. The lowest BCUT2D eigenvalue weighted by atomic mass is 10.2. The largest absolute Gasteiger partial charge is 0.383 e. The average Bonchev–Trinajstić information content (AvgIpc) is 2.36. The van der Waals surface area contributed by atoms with Gasteiger partial charge in [-0.2, -0.15) is 0 Å². The molecule has 0 radical (unpaired) electrons. The molecule has 1 unspecified atom stereocenters. The molecule has 1 rings (SSSR count). The normalized spacial score (nSPS) is 12.2. The van der Waals surface area contributed by atoms with Crippen molar-refractivity contribution in [3.8, 4) is 0 Å². The monoisotopic (exact) mass is 406 g/mol. The molecule has 0 spiro atoms. The summed E-state index contributed by atoms with van der Waals surface area (Å²) < 4.78 is 5.01. The van der Waals surface area contributed by atoms with E-state index in [0.717, 1.165) is 11.3 Å². The number of rotatable bonds is 6. The molecule has 0 bridgehead atoms. The highest BCUT2D eigenvalue weighted by Gasteiger charge is 2.02. The van der Waals surface area contributed by atoms with Gasteiger partial charge in [-0.1, -0.05) is 12.1 Å². The number of hydrogen-bond donors (Lipinski definition) is 3. The summed E-state index contributed by atoms with van der Waals surface area (Å²) in [5, 5.41) is 5.76. The molecule has 0 aromatic heterocycles. The van der Waals surface area contributed by atoms with E-state index in [0.29, 0.717) is 19.1 Å². The van der Waals surface area contributed by atoms with E-state index in [9.17, 15) is 4.79 Å². The molecule has 0 fully saturated rings. The third-order valence-corrected chi connectivity index (χ3v) is 2.49. The Hall–Kier alpha value is -1.35. The van der Waals surface area contributed by atoms with Gasteiger partial charge in [-0.25, -0.2) is 4.99 Å². The van der Waals surface area contributed by atoms with Crippen LogP contribution in [0.1, 0.15) is 19.4 Å². The third-order valence-electron chi connectivity index (χ3n) is 2.49. The first kappa shape index (κ1) is 19.7. The van der Waals surface area contributed by atoms with Gasteiger partial charge in [0.2, 0.25) is 5.91 Å². The molecule has 21 heavy (non-hydrogen) atoms. The Labute approximate surface area is 142 Å². The van der Waals surface area contributed by atoms with Crippen molar-refractivity contribution in [2.24, 2.45) is 10.7 Å². The van der Waals surface area contributed by atoms with Gasteiger partial charge < -0.3 is 21.1 Å². The molecule has 1 aromatic carbocycles. The van der Waals surface area contributed by atoms with Crippen molar-refractivity contribution in [3.63, 3.8) is 0 Å². The smallest absolute Gasteiger partial charge is 0.221 e. The van der Waals surface area contributed by atoms with Crippen LogP contribution in [0.4, 0.5) is 5.69 Å². The molecule has 0 saturated carbocycles. The van der Waals surface area contributed by atoms with E-state index in [1.807, 2.05) is 31.2 Å². The van der Waals surface area contributed by atoms with Gasteiger partial charge in [0.1, 0.15) is 0 Å². The van der Waals surface area contributed by atoms with Gasteiger partial charge in [0.25, 0.3) is 0 Å². The zero-order valence-corrected chi connectivity index (χ0v) is 14.9. The lowest BCUT2D eigenvalue weighted by molar-refractivity contribution is -0.114. The van der Waals surface area contributed by atoms with Crippen LogP contribution in [0.25, 0.3) is 0 Å². The maximum Gasteiger partial charge on any atom is 0.221 e. The number of halogens is 1. The van der Waals surface area contributed by atoms with Gasteiger partial charge in [0.15, 0.2) is 5.96 Å². The van der Waals surface area contributed by atoms with Crippen molar-refractivity contribution >= 4 is 41.5 Å². The van der Waals surface area contributed by atoms with Crippen LogP contribution in [0.15, 0.2) is 29.3 Å². The molecule has 118 valence electrons. The van der Waals surface area contributed by atoms with E-state index in [1.54, 1.807) is 7.11 Å². The van der Waals surface area contributed by atoms with Gasteiger partial charge in [-0.15, -0.1) is 24.0 Å². The highest BCUT2D eigenvalue weighted by atomic mass is 127. The summed E-state index contributed by atoms with van der Waals surface area (Å²) in [6.45, 7) is 4.45. The molecule has 4 N–H and O–H groups in total. The van der Waals surface area contributed by atoms with Crippen LogP contribution >= 0.6 is 24.0 Å². The second-order valence-electron chi connectivity index (χ2n) is 4.58. The first-order valence-corrected chi connectivity index (χ1v) is 6.43. The number of nitrogens with zero attached hydrogens (tertiary/aromatic N) is 1. The minimum atomic E-state index is -0.0970. The van der Waals surface area contributed by atoms with Crippen molar-refractivity contribution in [1.29, 1.82) is 0 Å². The lowest BCUT2D eigenvalue weighted by Crippen LogP contribution is -2.40. The Morgan fingerprint density at radius 1 is 1.48 bits per heavy atom. The van der Waals surface area contributed by atoms with Gasteiger partial charge in [-0.3, -0.25) is 4.79 Å². The van der Waals surface area contributed by atoms with Crippen molar-refractivity contribution in [3.05, 3.63) is 29.8 Å². The number of amides is 1. The molecule has 0 aliphatic heterocycles. The molecule has 0 saturated heterocycles. The van der Waals surface area contributed by atoms with Gasteiger partial charge in [0, 0.05) is 25.8 Å². The predicted molar refractivity (Wildman–Crippen MR) is 96.0 cm³/mol. The number of nitrogens with two attached hydrogens (primary N) is 1. The molecular weight excluding hydrogens is 383 g/mol. The van der Waals surface area contributed by atoms with E-state index < -0.39 is 0 Å². The second kappa shape index (κ2) is 10.4. The van der Waals surface area contributed by atoms with Crippen molar-refractivity contribution < 1.29 is 9.53 Å². The number of nitrogens with one attached hydrogen (secondary N) is 2. The maximum absolute atomic E-state index is 11.0. The summed E-state index contributed by atoms with van der Waals surface area (Å²) in [4.78, 5) is 15.2. The molecule has 0 aliphatic carbocycles. The highest BCUT2D eigenvalue weighted by molar-refractivity contribution is 14.0. The fraction of sp³-hybridized carbons (Fsp3) is 0.429. The number of ether oxygens (including phenoxy) is 1. The lowest BCUT2D eigenvalue weighted by Gasteiger charge is -2.13. The number of carbonyl (C=O) groups is 1. The van der Waals surface area contributed by atoms with E-state index >= 15 is 0 Å². The van der Waals surface area contributed by atoms with Crippen LogP contribution in [-0.4, -0.2) is 31.6 Å². The summed E-state index contributed by atoms with van der Waals surface area (Å²) in [5.74, 6) is 0.278. The Morgan fingerprint density at radius 2 is 2.19 bits per heavy atom. The number of aliphatic imine (C=N–C) groups is 1. The first-order valence-electron chi connectivity index (χ1n) is 6.43. The fourth-order valence-electron chi connectivity index (χ4n) is 1.72. The zero-order chi connectivity index (χ0) is 15.0. The van der Waals surface area contributed by atoms with Crippen molar-refractivity contribution in [2.45, 2.75) is 26.4 Å². The molecule has 0 aliphatic rings. The molecular formula is C14H23IN4O2. The van der Waals surface area contributed by atoms with Crippen LogP contribution in [0, 0.1) is 0 Å². The highest BCUT2D eigenvalue weighted by Crippen LogP contribution is 2.11. The molecule has 0 heterocycles. The summed E-state index contributed by atoms with van der Waals surface area (Å²) >= 11 is 0. The molecule has 1 atom stereocenters. The standard InChI is InChI=1S/C14H22N4O2.HI/c1-10(9-20-3)17-14(15)16-8-12-5-4-6-13(7-12)18-11(2)19;/h4-7,10H,8-9H2,1-3H3,(H,18,19)(H3,15,16,17);1H. The zero-order valence-electron chi connectivity index (χ0n) is 12.6. The number of guanidine groups is 1. The third kappa shape index (κ3) is 8.51. The number of carbonyl (C=O) groups excluding carboxylic acids is 1. The van der Waals surface area contributed by atoms with Gasteiger partial charge in [0.05, 0.1) is 13.2 Å². The number of benzene rings is 1. The number of anilines is 1. The van der Waals surface area contributed by atoms with Crippen LogP contribution in [0.2, 0.25) is 0 Å². The van der Waals surface area contributed by atoms with E-state index in [-0.39, 0.29) is 35.9 Å². The Balaban J connectivity index is 0.00000400. The van der Waals surface area contributed by atoms with E-state index in [4.69, 9.17) is 10.5 Å². The van der Waals surface area contributed by atoms with Crippen molar-refractivity contribution in [1.82, 2.24) is 5.32 Å². The van der Waals surface area contributed by atoms with Crippen LogP contribution in [0.3, 0.4) is 0 Å². The Morgan fingerprint density at radius 3 is 2.81 bits per heavy atom. The molecule has 6 nitrogen and oxygen atoms in total. The van der Waals surface area contributed by atoms with Crippen molar-refractivity contribution in [2.75, 3.05) is 19.0 Å². The quantitative estimate of drug-likeness (QED) is 0.381. The van der Waals surface area contributed by atoms with Crippen LogP contribution in [0.5, 0.6) is 0 Å². The Bertz CT molecular complexity index is 480. The second-order valence-corrected chi connectivity index (χ2v) is 4.58. The molecule has 1 aromatic rings. The maximum atomic E-state index is 11.0. The summed E-state index contributed by atoms with van der Waals surface area (Å²) in [6.07, 6.45) is 0. The fourth-order valence-corrected chi connectivity index (χ4v) is 1.72. The average molecular weight is 406 g/mol.